The molecule has 1 fully saturated rings. The lowest BCUT2D eigenvalue weighted by atomic mass is 10.2. The van der Waals surface area contributed by atoms with Gasteiger partial charge in [0.15, 0.2) is 0 Å². The van der Waals surface area contributed by atoms with Crippen molar-refractivity contribution >= 4 is 17.6 Å². The number of carbonyl (C=O) groups is 2. The number of anilines is 1. The van der Waals surface area contributed by atoms with Crippen LogP contribution in [0.25, 0.3) is 0 Å². The summed E-state index contributed by atoms with van der Waals surface area (Å²) in [6, 6.07) is 6.75. The lowest BCUT2D eigenvalue weighted by Crippen LogP contribution is -2.49. The number of aliphatic hydroxyl groups excluding tert-OH is 1. The van der Waals surface area contributed by atoms with E-state index in [2.05, 4.69) is 5.32 Å². The van der Waals surface area contributed by atoms with Gasteiger partial charge in [-0.15, -0.1) is 0 Å². The number of amides is 3. The van der Waals surface area contributed by atoms with Crippen LogP contribution < -0.4 is 15.0 Å². The highest BCUT2D eigenvalue weighted by atomic mass is 16.5. The quantitative estimate of drug-likeness (QED) is 0.819. The molecule has 1 aliphatic rings. The summed E-state index contributed by atoms with van der Waals surface area (Å²) in [6.45, 7) is 4.37. The van der Waals surface area contributed by atoms with Gasteiger partial charge in [-0.1, -0.05) is 6.07 Å². The maximum absolute atomic E-state index is 12.3. The van der Waals surface area contributed by atoms with E-state index in [0.29, 0.717) is 12.3 Å². The van der Waals surface area contributed by atoms with Gasteiger partial charge in [-0.3, -0.25) is 4.79 Å². The summed E-state index contributed by atoms with van der Waals surface area (Å²) in [5.74, 6) is 0.647. The number of methoxy groups -OCH3 is 1. The summed E-state index contributed by atoms with van der Waals surface area (Å²) in [6.07, 6.45) is 0.258. The summed E-state index contributed by atoms with van der Waals surface area (Å²) in [5.41, 5.74) is 0.757. The van der Waals surface area contributed by atoms with E-state index in [9.17, 15) is 9.59 Å². The van der Waals surface area contributed by atoms with Crippen LogP contribution in [0, 0.1) is 0 Å². The molecule has 0 saturated carbocycles. The number of hydrogen-bond acceptors (Lipinski definition) is 4. The van der Waals surface area contributed by atoms with Crippen LogP contribution in [0.1, 0.15) is 20.3 Å². The number of aliphatic hydroxyl groups is 1. The number of rotatable bonds is 6. The van der Waals surface area contributed by atoms with Crippen molar-refractivity contribution in [2.75, 3.05) is 31.7 Å². The molecule has 1 aromatic carbocycles. The molecule has 0 spiro atoms. The highest BCUT2D eigenvalue weighted by Crippen LogP contribution is 2.25. The molecule has 132 valence electrons. The molecular weight excluding hydrogens is 310 g/mol. The van der Waals surface area contributed by atoms with E-state index in [1.807, 2.05) is 32.0 Å². The van der Waals surface area contributed by atoms with Gasteiger partial charge in [0.1, 0.15) is 5.75 Å². The first-order chi connectivity index (χ1) is 11.5. The van der Waals surface area contributed by atoms with Gasteiger partial charge in [0, 0.05) is 37.3 Å². The Labute approximate surface area is 142 Å². The summed E-state index contributed by atoms with van der Waals surface area (Å²) >= 11 is 0. The molecule has 0 radical (unpaired) electrons. The first kappa shape index (κ1) is 18.1. The van der Waals surface area contributed by atoms with Gasteiger partial charge in [0.2, 0.25) is 5.91 Å². The zero-order chi connectivity index (χ0) is 17.7. The maximum atomic E-state index is 12.3. The first-order valence-corrected chi connectivity index (χ1v) is 8.08. The van der Waals surface area contributed by atoms with E-state index in [1.165, 1.54) is 0 Å². The van der Waals surface area contributed by atoms with Gasteiger partial charge in [0.05, 0.1) is 19.8 Å². The minimum absolute atomic E-state index is 0.0243. The lowest BCUT2D eigenvalue weighted by Gasteiger charge is -2.27. The van der Waals surface area contributed by atoms with Crippen LogP contribution >= 0.6 is 0 Å². The Bertz CT molecular complexity index is 591. The van der Waals surface area contributed by atoms with Crippen molar-refractivity contribution in [1.82, 2.24) is 10.2 Å². The second kappa shape index (κ2) is 8.01. The van der Waals surface area contributed by atoms with Gasteiger partial charge < -0.3 is 25.0 Å². The van der Waals surface area contributed by atoms with Gasteiger partial charge in [-0.05, 0) is 26.0 Å². The smallest absolute Gasteiger partial charge is 0.318 e. The SMILES string of the molecule is COc1cccc(N2CC(NC(=O)N(CCO)C(C)C)CC2=O)c1. The van der Waals surface area contributed by atoms with Crippen molar-refractivity contribution in [2.24, 2.45) is 0 Å². The summed E-state index contributed by atoms with van der Waals surface area (Å²) in [5, 5.41) is 12.0. The van der Waals surface area contributed by atoms with E-state index < -0.39 is 0 Å². The lowest BCUT2D eigenvalue weighted by molar-refractivity contribution is -0.117. The summed E-state index contributed by atoms with van der Waals surface area (Å²) in [4.78, 5) is 27.8. The molecule has 1 unspecified atom stereocenters. The number of urea groups is 1. The first-order valence-electron chi connectivity index (χ1n) is 8.08. The summed E-state index contributed by atoms with van der Waals surface area (Å²) < 4.78 is 5.19. The maximum Gasteiger partial charge on any atom is 0.318 e. The molecule has 1 aromatic rings. The standard InChI is InChI=1S/C17H25N3O4/c1-12(2)19(7-8-21)17(23)18-13-9-16(22)20(11-13)14-5-4-6-15(10-14)24-3/h4-6,10,12-13,21H,7-9,11H2,1-3H3,(H,18,23). The number of nitrogens with one attached hydrogen (secondary N) is 1. The van der Waals surface area contributed by atoms with Gasteiger partial charge in [0.25, 0.3) is 0 Å². The minimum Gasteiger partial charge on any atom is -0.497 e. The predicted molar refractivity (Wildman–Crippen MR) is 91.2 cm³/mol. The van der Waals surface area contributed by atoms with Crippen LogP contribution in [-0.2, 0) is 4.79 Å². The highest BCUT2D eigenvalue weighted by molar-refractivity contribution is 5.97. The van der Waals surface area contributed by atoms with Crippen molar-refractivity contribution in [1.29, 1.82) is 0 Å². The Morgan fingerprint density at radius 3 is 2.88 bits per heavy atom. The molecule has 2 N–H and O–H groups in total. The van der Waals surface area contributed by atoms with Crippen LogP contribution in [-0.4, -0.2) is 60.8 Å². The zero-order valence-electron chi connectivity index (χ0n) is 14.4. The second-order valence-electron chi connectivity index (χ2n) is 6.07. The Hall–Kier alpha value is -2.28. The van der Waals surface area contributed by atoms with Crippen LogP contribution in [0.4, 0.5) is 10.5 Å². The molecule has 24 heavy (non-hydrogen) atoms. The van der Waals surface area contributed by atoms with E-state index in [1.54, 1.807) is 23.0 Å². The Morgan fingerprint density at radius 1 is 1.50 bits per heavy atom. The Morgan fingerprint density at radius 2 is 2.25 bits per heavy atom. The molecule has 2 rings (SSSR count). The third-order valence-electron chi connectivity index (χ3n) is 4.04. The van der Waals surface area contributed by atoms with Gasteiger partial charge in [-0.2, -0.15) is 0 Å². The normalized spacial score (nSPS) is 17.3. The zero-order valence-corrected chi connectivity index (χ0v) is 14.4. The van der Waals surface area contributed by atoms with Crippen LogP contribution in [0.3, 0.4) is 0 Å². The minimum atomic E-state index is -0.260. The molecule has 1 heterocycles. The third-order valence-corrected chi connectivity index (χ3v) is 4.04. The fourth-order valence-electron chi connectivity index (χ4n) is 2.79. The van der Waals surface area contributed by atoms with Crippen molar-refractivity contribution in [3.05, 3.63) is 24.3 Å². The number of nitrogens with zero attached hydrogens (tertiary/aromatic N) is 2. The number of ether oxygens (including phenoxy) is 1. The molecular formula is C17H25N3O4. The van der Waals surface area contributed by atoms with Crippen LogP contribution in [0.2, 0.25) is 0 Å². The number of benzene rings is 1. The molecule has 0 aromatic heterocycles. The molecule has 7 nitrogen and oxygen atoms in total. The second-order valence-corrected chi connectivity index (χ2v) is 6.07. The molecule has 0 bridgehead atoms. The number of carbonyl (C=O) groups excluding carboxylic acids is 2. The molecule has 1 aliphatic heterocycles. The molecule has 1 saturated heterocycles. The van der Waals surface area contributed by atoms with Crippen LogP contribution in [0.15, 0.2) is 24.3 Å². The summed E-state index contributed by atoms with van der Waals surface area (Å²) in [7, 11) is 1.58. The van der Waals surface area contributed by atoms with Gasteiger partial charge in [-0.25, -0.2) is 4.79 Å². The van der Waals surface area contributed by atoms with Gasteiger partial charge >= 0.3 is 6.03 Å². The average Bonchev–Trinajstić information content (AvgIpc) is 2.92. The van der Waals surface area contributed by atoms with Crippen LogP contribution in [0.5, 0.6) is 5.75 Å². The van der Waals surface area contributed by atoms with E-state index in [4.69, 9.17) is 9.84 Å². The average molecular weight is 335 g/mol. The Balaban J connectivity index is 2.02. The van der Waals surface area contributed by atoms with Crippen molar-refractivity contribution < 1.29 is 19.4 Å². The van der Waals surface area contributed by atoms with E-state index in [-0.39, 0.29) is 43.6 Å². The van der Waals surface area contributed by atoms with Crippen molar-refractivity contribution in [2.45, 2.75) is 32.4 Å². The monoisotopic (exact) mass is 335 g/mol. The topological polar surface area (TPSA) is 82.1 Å². The fraction of sp³-hybridized carbons (Fsp3) is 0.529. The molecule has 7 heteroatoms. The molecule has 1 atom stereocenters. The van der Waals surface area contributed by atoms with E-state index >= 15 is 0 Å². The number of hydrogen-bond donors (Lipinski definition) is 2. The van der Waals surface area contributed by atoms with Crippen molar-refractivity contribution in [3.63, 3.8) is 0 Å². The van der Waals surface area contributed by atoms with E-state index in [0.717, 1.165) is 5.69 Å². The fourth-order valence-corrected chi connectivity index (χ4v) is 2.79. The van der Waals surface area contributed by atoms with Crippen molar-refractivity contribution in [3.8, 4) is 5.75 Å². The third kappa shape index (κ3) is 4.17. The Kier molecular flexibility index (Phi) is 6.03. The molecule has 3 amide bonds. The molecule has 0 aliphatic carbocycles. The largest absolute Gasteiger partial charge is 0.497 e. The highest BCUT2D eigenvalue weighted by Gasteiger charge is 2.32. The predicted octanol–water partition coefficient (Wildman–Crippen LogP) is 1.21.